The molecule has 2 N–H and O–H groups in total. The summed E-state index contributed by atoms with van der Waals surface area (Å²) >= 11 is 0. The quantitative estimate of drug-likeness (QED) is 0.453. The summed E-state index contributed by atoms with van der Waals surface area (Å²) in [6, 6.07) is 20.8. The smallest absolute Gasteiger partial charge is 0.138 e. The van der Waals surface area contributed by atoms with Gasteiger partial charge in [0.05, 0.1) is 22.1 Å². The average molecular weight is 338 g/mol. The molecule has 0 fully saturated rings. The van der Waals surface area contributed by atoms with Gasteiger partial charge in [-0.3, -0.25) is 0 Å². The Morgan fingerprint density at radius 3 is 1.88 bits per heavy atom. The molecule has 0 aliphatic heterocycles. The van der Waals surface area contributed by atoms with Crippen LogP contribution in [0.5, 0.6) is 0 Å². The summed E-state index contributed by atoms with van der Waals surface area (Å²) in [6.45, 7) is 4.17. The molecule has 0 spiro atoms. The van der Waals surface area contributed by atoms with Crippen LogP contribution in [0.15, 0.2) is 60.7 Å². The topological polar surface area (TPSA) is 57.4 Å². The van der Waals surface area contributed by atoms with Crippen LogP contribution in [0.2, 0.25) is 0 Å². The van der Waals surface area contributed by atoms with Crippen LogP contribution in [0.25, 0.3) is 44.8 Å². The zero-order chi connectivity index (χ0) is 17.7. The Morgan fingerprint density at radius 1 is 0.577 bits per heavy atom. The standard InChI is InChI=1S/C22H18N4/c1-13-3-9-17-19(11-13)25-21(23-17)15-5-7-16(8-6-15)22-24-18-10-4-14(2)12-20(18)26-22/h3-12H,1-2H3,(H,23,25)(H,24,26). The second kappa shape index (κ2) is 5.56. The first-order chi connectivity index (χ1) is 12.7. The van der Waals surface area contributed by atoms with Crippen molar-refractivity contribution in [2.45, 2.75) is 13.8 Å². The molecule has 4 heteroatoms. The summed E-state index contributed by atoms with van der Waals surface area (Å²) in [5, 5.41) is 0. The molecule has 3 aromatic carbocycles. The Bertz CT molecular complexity index is 1140. The van der Waals surface area contributed by atoms with Crippen molar-refractivity contribution < 1.29 is 0 Å². The molecule has 4 nitrogen and oxygen atoms in total. The van der Waals surface area contributed by atoms with Gasteiger partial charge < -0.3 is 9.97 Å². The molecule has 2 aromatic heterocycles. The molecule has 0 radical (unpaired) electrons. The summed E-state index contributed by atoms with van der Waals surface area (Å²) in [5.74, 6) is 1.77. The lowest BCUT2D eigenvalue weighted by Crippen LogP contribution is -1.83. The van der Waals surface area contributed by atoms with E-state index in [1.54, 1.807) is 0 Å². The molecule has 0 unspecified atom stereocenters. The minimum Gasteiger partial charge on any atom is -0.338 e. The number of H-pyrrole nitrogens is 2. The number of aryl methyl sites for hydroxylation is 2. The van der Waals surface area contributed by atoms with E-state index in [9.17, 15) is 0 Å². The lowest BCUT2D eigenvalue weighted by atomic mass is 10.1. The molecular formula is C22H18N4. The van der Waals surface area contributed by atoms with Crippen molar-refractivity contribution in [3.05, 3.63) is 71.8 Å². The number of benzene rings is 3. The van der Waals surface area contributed by atoms with Crippen LogP contribution >= 0.6 is 0 Å². The number of hydrogen-bond donors (Lipinski definition) is 2. The van der Waals surface area contributed by atoms with Gasteiger partial charge in [0.1, 0.15) is 11.6 Å². The molecule has 5 aromatic rings. The van der Waals surface area contributed by atoms with Gasteiger partial charge in [-0.05, 0) is 49.2 Å². The average Bonchev–Trinajstić information content (AvgIpc) is 3.25. The fourth-order valence-corrected chi connectivity index (χ4v) is 3.30. The van der Waals surface area contributed by atoms with Crippen LogP contribution < -0.4 is 0 Å². The van der Waals surface area contributed by atoms with Gasteiger partial charge in [-0.1, -0.05) is 36.4 Å². The Balaban J connectivity index is 1.52. The fraction of sp³-hybridized carbons (Fsp3) is 0.0909. The third-order valence-electron chi connectivity index (χ3n) is 4.71. The number of aromatic amines is 2. The number of fused-ring (bicyclic) bond motifs is 2. The Labute approximate surface area is 150 Å². The second-order valence-electron chi connectivity index (χ2n) is 6.79. The number of nitrogens with one attached hydrogen (secondary N) is 2. The van der Waals surface area contributed by atoms with Gasteiger partial charge in [-0.15, -0.1) is 0 Å². The molecular weight excluding hydrogens is 320 g/mol. The van der Waals surface area contributed by atoms with Crippen molar-refractivity contribution in [2.75, 3.05) is 0 Å². The van der Waals surface area contributed by atoms with E-state index in [0.717, 1.165) is 44.8 Å². The van der Waals surface area contributed by atoms with Crippen molar-refractivity contribution in [1.29, 1.82) is 0 Å². The molecule has 0 atom stereocenters. The number of aromatic nitrogens is 4. The monoisotopic (exact) mass is 338 g/mol. The Hall–Kier alpha value is -3.40. The van der Waals surface area contributed by atoms with Crippen LogP contribution in [-0.4, -0.2) is 19.9 Å². The maximum atomic E-state index is 4.71. The van der Waals surface area contributed by atoms with E-state index < -0.39 is 0 Å². The zero-order valence-electron chi connectivity index (χ0n) is 14.7. The second-order valence-corrected chi connectivity index (χ2v) is 6.79. The van der Waals surface area contributed by atoms with Gasteiger partial charge in [0, 0.05) is 11.1 Å². The minimum absolute atomic E-state index is 0.886. The zero-order valence-corrected chi connectivity index (χ0v) is 14.7. The predicted molar refractivity (Wildman–Crippen MR) is 106 cm³/mol. The highest BCUT2D eigenvalue weighted by Crippen LogP contribution is 2.25. The molecule has 5 rings (SSSR count). The maximum Gasteiger partial charge on any atom is 0.138 e. The van der Waals surface area contributed by atoms with E-state index in [2.05, 4.69) is 84.5 Å². The molecule has 0 amide bonds. The lowest BCUT2D eigenvalue weighted by molar-refractivity contribution is 1.32. The summed E-state index contributed by atoms with van der Waals surface area (Å²) < 4.78 is 0. The first kappa shape index (κ1) is 14.9. The van der Waals surface area contributed by atoms with Crippen molar-refractivity contribution in [3.63, 3.8) is 0 Å². The molecule has 0 bridgehead atoms. The van der Waals surface area contributed by atoms with Crippen LogP contribution in [0.1, 0.15) is 11.1 Å². The molecule has 126 valence electrons. The van der Waals surface area contributed by atoms with Gasteiger partial charge in [0.25, 0.3) is 0 Å². The highest BCUT2D eigenvalue weighted by Gasteiger charge is 2.08. The van der Waals surface area contributed by atoms with E-state index in [-0.39, 0.29) is 0 Å². The SMILES string of the molecule is Cc1ccc2[nH]c(-c3ccc(-c4nc5ccc(C)cc5[nH]4)cc3)nc2c1. The summed E-state index contributed by atoms with van der Waals surface area (Å²) in [6.07, 6.45) is 0. The maximum absolute atomic E-state index is 4.71. The lowest BCUT2D eigenvalue weighted by Gasteiger charge is -1.99. The first-order valence-electron chi connectivity index (χ1n) is 8.69. The summed E-state index contributed by atoms with van der Waals surface area (Å²) in [5.41, 5.74) is 8.68. The third-order valence-corrected chi connectivity index (χ3v) is 4.71. The van der Waals surface area contributed by atoms with E-state index in [4.69, 9.17) is 9.97 Å². The minimum atomic E-state index is 0.886. The third kappa shape index (κ3) is 2.47. The highest BCUT2D eigenvalue weighted by molar-refractivity contribution is 5.82. The Morgan fingerprint density at radius 2 is 1.15 bits per heavy atom. The van der Waals surface area contributed by atoms with Crippen LogP contribution in [0.4, 0.5) is 0 Å². The first-order valence-corrected chi connectivity index (χ1v) is 8.69. The summed E-state index contributed by atoms with van der Waals surface area (Å²) in [7, 11) is 0. The number of rotatable bonds is 2. The van der Waals surface area contributed by atoms with Crippen LogP contribution in [0, 0.1) is 13.8 Å². The molecule has 0 aliphatic carbocycles. The molecule has 26 heavy (non-hydrogen) atoms. The molecule has 0 aliphatic rings. The predicted octanol–water partition coefficient (Wildman–Crippen LogP) is 5.39. The van der Waals surface area contributed by atoms with Crippen molar-refractivity contribution in [1.82, 2.24) is 19.9 Å². The van der Waals surface area contributed by atoms with E-state index in [1.165, 1.54) is 11.1 Å². The van der Waals surface area contributed by atoms with Gasteiger partial charge in [0.15, 0.2) is 0 Å². The molecule has 0 saturated heterocycles. The largest absolute Gasteiger partial charge is 0.338 e. The van der Waals surface area contributed by atoms with Crippen LogP contribution in [-0.2, 0) is 0 Å². The normalized spacial score (nSPS) is 11.5. The van der Waals surface area contributed by atoms with Gasteiger partial charge >= 0.3 is 0 Å². The van der Waals surface area contributed by atoms with Gasteiger partial charge in [-0.25, -0.2) is 9.97 Å². The van der Waals surface area contributed by atoms with Crippen molar-refractivity contribution >= 4 is 22.1 Å². The Kier molecular flexibility index (Phi) is 3.19. The molecule has 0 saturated carbocycles. The van der Waals surface area contributed by atoms with E-state index in [1.807, 2.05) is 0 Å². The van der Waals surface area contributed by atoms with E-state index >= 15 is 0 Å². The highest BCUT2D eigenvalue weighted by atomic mass is 14.9. The van der Waals surface area contributed by atoms with Crippen molar-refractivity contribution in [2.24, 2.45) is 0 Å². The number of imidazole rings is 2. The van der Waals surface area contributed by atoms with E-state index in [0.29, 0.717) is 0 Å². The fourth-order valence-electron chi connectivity index (χ4n) is 3.30. The molecule has 2 heterocycles. The number of hydrogen-bond acceptors (Lipinski definition) is 2. The van der Waals surface area contributed by atoms with Crippen molar-refractivity contribution in [3.8, 4) is 22.8 Å². The van der Waals surface area contributed by atoms with Gasteiger partial charge in [0.2, 0.25) is 0 Å². The number of nitrogens with zero attached hydrogens (tertiary/aromatic N) is 2. The summed E-state index contributed by atoms with van der Waals surface area (Å²) in [4.78, 5) is 16.2. The van der Waals surface area contributed by atoms with Gasteiger partial charge in [-0.2, -0.15) is 0 Å². The van der Waals surface area contributed by atoms with Crippen LogP contribution in [0.3, 0.4) is 0 Å².